The van der Waals surface area contributed by atoms with E-state index in [1.54, 1.807) is 18.5 Å². The molecule has 1 fully saturated rings. The molecular formula is C21H24N4O2. The van der Waals surface area contributed by atoms with Gasteiger partial charge in [0.25, 0.3) is 0 Å². The number of hydrogen-bond acceptors (Lipinski definition) is 6. The van der Waals surface area contributed by atoms with Crippen molar-refractivity contribution in [1.29, 1.82) is 0 Å². The number of nitrogens with zero attached hydrogens (tertiary/aromatic N) is 3. The van der Waals surface area contributed by atoms with Crippen LogP contribution >= 0.6 is 0 Å². The smallest absolute Gasteiger partial charge is 0.158 e. The average molecular weight is 364 g/mol. The summed E-state index contributed by atoms with van der Waals surface area (Å²) >= 11 is 0. The molecule has 0 aliphatic carbocycles. The van der Waals surface area contributed by atoms with Crippen LogP contribution in [-0.2, 0) is 4.74 Å². The van der Waals surface area contributed by atoms with Gasteiger partial charge >= 0.3 is 0 Å². The quantitative estimate of drug-likeness (QED) is 0.731. The van der Waals surface area contributed by atoms with Crippen molar-refractivity contribution in [2.24, 2.45) is 0 Å². The van der Waals surface area contributed by atoms with Crippen LogP contribution in [-0.4, -0.2) is 38.5 Å². The van der Waals surface area contributed by atoms with Crippen molar-refractivity contribution >= 4 is 16.6 Å². The van der Waals surface area contributed by atoms with Crippen molar-refractivity contribution < 1.29 is 9.84 Å². The number of nitrogens with one attached hydrogen (secondary N) is 1. The maximum atomic E-state index is 10.5. The first-order valence-electron chi connectivity index (χ1n) is 9.15. The van der Waals surface area contributed by atoms with Gasteiger partial charge in [0.1, 0.15) is 11.4 Å². The van der Waals surface area contributed by atoms with Gasteiger partial charge in [-0.1, -0.05) is 6.07 Å². The summed E-state index contributed by atoms with van der Waals surface area (Å²) in [6.07, 6.45) is 4.42. The maximum absolute atomic E-state index is 10.5. The van der Waals surface area contributed by atoms with Gasteiger partial charge in [0, 0.05) is 28.7 Å². The molecule has 0 saturated carbocycles. The summed E-state index contributed by atoms with van der Waals surface area (Å²) in [7, 11) is 0. The summed E-state index contributed by atoms with van der Waals surface area (Å²) in [6.45, 7) is 8.75. The molecule has 1 aliphatic rings. The standard InChI is InChI=1S/C21H24N4O2/c1-12-7-13(2)18(17(26)8-12)19-15-5-6-22-10-16(15)20(25-24-19)23-14-9-21(3,4)27-11-14/h5-8,10,14,26H,9,11H2,1-4H3,(H,23,25)/t14-/m1/s1. The number of aryl methyl sites for hydroxylation is 2. The second-order valence-electron chi connectivity index (χ2n) is 7.91. The zero-order chi connectivity index (χ0) is 19.2. The highest BCUT2D eigenvalue weighted by molar-refractivity contribution is 6.01. The van der Waals surface area contributed by atoms with E-state index in [1.165, 1.54) is 0 Å². The summed E-state index contributed by atoms with van der Waals surface area (Å²) in [6, 6.07) is 5.88. The number of pyridine rings is 1. The zero-order valence-electron chi connectivity index (χ0n) is 16.1. The van der Waals surface area contributed by atoms with E-state index in [1.807, 2.05) is 26.0 Å². The Morgan fingerprint density at radius 1 is 1.19 bits per heavy atom. The van der Waals surface area contributed by atoms with Crippen LogP contribution in [0.2, 0.25) is 0 Å². The molecule has 0 radical (unpaired) electrons. The molecule has 2 aromatic heterocycles. The molecule has 0 spiro atoms. The number of aromatic nitrogens is 3. The molecule has 3 heterocycles. The Bertz CT molecular complexity index is 993. The number of fused-ring (bicyclic) bond motifs is 1. The highest BCUT2D eigenvalue weighted by Crippen LogP contribution is 2.37. The minimum atomic E-state index is -0.135. The van der Waals surface area contributed by atoms with E-state index in [9.17, 15) is 5.11 Å². The molecule has 4 rings (SSSR count). The molecule has 3 aromatic rings. The number of anilines is 1. The lowest BCUT2D eigenvalue weighted by Gasteiger charge is -2.17. The Morgan fingerprint density at radius 2 is 2.00 bits per heavy atom. The van der Waals surface area contributed by atoms with E-state index < -0.39 is 0 Å². The fourth-order valence-corrected chi connectivity index (χ4v) is 3.87. The normalized spacial score (nSPS) is 18.7. The van der Waals surface area contributed by atoms with Crippen molar-refractivity contribution in [2.75, 3.05) is 11.9 Å². The predicted octanol–water partition coefficient (Wildman–Crippen LogP) is 3.99. The second-order valence-corrected chi connectivity index (χ2v) is 7.91. The minimum absolute atomic E-state index is 0.135. The van der Waals surface area contributed by atoms with Crippen LogP contribution in [0.3, 0.4) is 0 Å². The van der Waals surface area contributed by atoms with Crippen LogP contribution in [0.15, 0.2) is 30.6 Å². The second kappa shape index (κ2) is 6.46. The highest BCUT2D eigenvalue weighted by Gasteiger charge is 2.32. The largest absolute Gasteiger partial charge is 0.507 e. The van der Waals surface area contributed by atoms with Crippen molar-refractivity contribution in [3.63, 3.8) is 0 Å². The van der Waals surface area contributed by atoms with Gasteiger partial charge in [0.2, 0.25) is 0 Å². The molecular weight excluding hydrogens is 340 g/mol. The maximum Gasteiger partial charge on any atom is 0.158 e. The fourth-order valence-electron chi connectivity index (χ4n) is 3.87. The lowest BCUT2D eigenvalue weighted by molar-refractivity contribution is 0.0363. The van der Waals surface area contributed by atoms with Crippen molar-refractivity contribution in [1.82, 2.24) is 15.2 Å². The van der Waals surface area contributed by atoms with E-state index in [-0.39, 0.29) is 17.4 Å². The number of aromatic hydroxyl groups is 1. The van der Waals surface area contributed by atoms with Gasteiger partial charge in [-0.05, 0) is 57.4 Å². The van der Waals surface area contributed by atoms with E-state index in [2.05, 4.69) is 34.3 Å². The van der Waals surface area contributed by atoms with E-state index in [4.69, 9.17) is 4.74 Å². The van der Waals surface area contributed by atoms with Crippen LogP contribution in [0.25, 0.3) is 22.0 Å². The first-order chi connectivity index (χ1) is 12.8. The Kier molecular flexibility index (Phi) is 4.23. The van der Waals surface area contributed by atoms with Crippen LogP contribution in [0.1, 0.15) is 31.4 Å². The van der Waals surface area contributed by atoms with Crippen molar-refractivity contribution in [2.45, 2.75) is 45.8 Å². The summed E-state index contributed by atoms with van der Waals surface area (Å²) in [4.78, 5) is 4.27. The third-order valence-corrected chi connectivity index (χ3v) is 5.03. The van der Waals surface area contributed by atoms with Gasteiger partial charge in [0.05, 0.1) is 18.2 Å². The summed E-state index contributed by atoms with van der Waals surface area (Å²) in [5, 5.41) is 24.7. The van der Waals surface area contributed by atoms with E-state index in [0.717, 1.165) is 28.3 Å². The number of benzene rings is 1. The van der Waals surface area contributed by atoms with Crippen molar-refractivity contribution in [3.05, 3.63) is 41.7 Å². The zero-order valence-corrected chi connectivity index (χ0v) is 16.1. The van der Waals surface area contributed by atoms with Crippen LogP contribution in [0, 0.1) is 13.8 Å². The van der Waals surface area contributed by atoms with E-state index in [0.29, 0.717) is 23.7 Å². The fraction of sp³-hybridized carbons (Fsp3) is 0.381. The van der Waals surface area contributed by atoms with Gasteiger partial charge in [-0.15, -0.1) is 10.2 Å². The molecule has 2 N–H and O–H groups in total. The molecule has 1 aromatic carbocycles. The first kappa shape index (κ1) is 17.7. The Balaban J connectivity index is 1.80. The third kappa shape index (κ3) is 3.32. The van der Waals surface area contributed by atoms with E-state index >= 15 is 0 Å². The predicted molar refractivity (Wildman–Crippen MR) is 106 cm³/mol. The summed E-state index contributed by atoms with van der Waals surface area (Å²) < 4.78 is 5.81. The Hall–Kier alpha value is -2.73. The number of hydrogen-bond donors (Lipinski definition) is 2. The monoisotopic (exact) mass is 364 g/mol. The van der Waals surface area contributed by atoms with Gasteiger partial charge in [-0.3, -0.25) is 4.98 Å². The van der Waals surface area contributed by atoms with Crippen LogP contribution < -0.4 is 5.32 Å². The number of phenolic OH excluding ortho intramolecular Hbond substituents is 1. The minimum Gasteiger partial charge on any atom is -0.507 e. The SMILES string of the molecule is Cc1cc(C)c(-c2nnc(N[C@H]3COC(C)(C)C3)c3cnccc23)c(O)c1. The molecule has 6 nitrogen and oxygen atoms in total. The molecule has 1 saturated heterocycles. The van der Waals surface area contributed by atoms with Crippen LogP contribution in [0.5, 0.6) is 5.75 Å². The molecule has 1 aliphatic heterocycles. The average Bonchev–Trinajstić information content (AvgIpc) is 2.94. The third-order valence-electron chi connectivity index (χ3n) is 5.03. The summed E-state index contributed by atoms with van der Waals surface area (Å²) in [5.41, 5.74) is 3.21. The molecule has 0 amide bonds. The number of ether oxygens (including phenoxy) is 1. The first-order valence-corrected chi connectivity index (χ1v) is 9.15. The molecule has 6 heteroatoms. The Morgan fingerprint density at radius 3 is 2.70 bits per heavy atom. The Labute approximate surface area is 158 Å². The lowest BCUT2D eigenvalue weighted by Crippen LogP contribution is -2.23. The number of rotatable bonds is 3. The van der Waals surface area contributed by atoms with Gasteiger partial charge in [-0.25, -0.2) is 0 Å². The molecule has 27 heavy (non-hydrogen) atoms. The molecule has 140 valence electrons. The molecule has 0 bridgehead atoms. The molecule has 1 atom stereocenters. The number of phenols is 1. The summed E-state index contributed by atoms with van der Waals surface area (Å²) in [5.74, 6) is 0.906. The topological polar surface area (TPSA) is 80.2 Å². The van der Waals surface area contributed by atoms with Gasteiger partial charge in [-0.2, -0.15) is 0 Å². The lowest BCUT2D eigenvalue weighted by atomic mass is 9.98. The van der Waals surface area contributed by atoms with Gasteiger partial charge in [0.15, 0.2) is 5.82 Å². The highest BCUT2D eigenvalue weighted by atomic mass is 16.5. The van der Waals surface area contributed by atoms with Crippen LogP contribution in [0.4, 0.5) is 5.82 Å². The van der Waals surface area contributed by atoms with Gasteiger partial charge < -0.3 is 15.2 Å². The molecule has 0 unspecified atom stereocenters. The van der Waals surface area contributed by atoms with Crippen molar-refractivity contribution in [3.8, 4) is 17.0 Å².